The number of pyridine rings is 1. The Bertz CT molecular complexity index is 1610. The van der Waals surface area contributed by atoms with Crippen molar-refractivity contribution in [1.82, 2.24) is 19.2 Å². The molecular weight excluding hydrogens is 512 g/mol. The zero-order valence-corrected chi connectivity index (χ0v) is 23.3. The van der Waals surface area contributed by atoms with Gasteiger partial charge in [0, 0.05) is 44.5 Å². The van der Waals surface area contributed by atoms with Crippen LogP contribution in [-0.4, -0.2) is 65.0 Å². The highest BCUT2D eigenvalue weighted by molar-refractivity contribution is 5.77. The fraction of sp³-hybridized carbons (Fsp3) is 0.235. The minimum Gasteiger partial charge on any atom is -0.497 e. The number of fused-ring (bicyclic) bond motifs is 1. The van der Waals surface area contributed by atoms with Crippen molar-refractivity contribution in [3.63, 3.8) is 0 Å². The predicted octanol–water partition coefficient (Wildman–Crippen LogP) is 5.54. The lowest BCUT2D eigenvalue weighted by atomic mass is 10.1. The molecule has 3 aromatic carbocycles. The molecule has 2 aromatic heterocycles. The highest BCUT2D eigenvalue weighted by Gasteiger charge is 2.24. The number of hydrogen-bond donors (Lipinski definition) is 0. The Labute approximate surface area is 240 Å². The Balaban J connectivity index is 1.20. The summed E-state index contributed by atoms with van der Waals surface area (Å²) in [6.07, 6.45) is 2.18. The van der Waals surface area contributed by atoms with Crippen LogP contribution >= 0.6 is 0 Å². The summed E-state index contributed by atoms with van der Waals surface area (Å²) >= 11 is 0. The molecule has 1 aliphatic rings. The van der Waals surface area contributed by atoms with E-state index in [0.717, 1.165) is 59.1 Å². The molecule has 0 spiro atoms. The Hall–Kier alpha value is -4.46. The number of methoxy groups -OCH3 is 1. The molecule has 1 amide bonds. The molecule has 0 saturated carbocycles. The highest BCUT2D eigenvalue weighted by Crippen LogP contribution is 2.30. The van der Waals surface area contributed by atoms with Crippen LogP contribution < -0.4 is 4.74 Å². The summed E-state index contributed by atoms with van der Waals surface area (Å²) in [7, 11) is 1.68. The fourth-order valence-corrected chi connectivity index (χ4v) is 5.34. The number of carbonyl (C=O) groups is 1. The van der Waals surface area contributed by atoms with Gasteiger partial charge in [0.1, 0.15) is 18.0 Å². The number of carbonyl (C=O) groups excluding carboxylic acids is 1. The highest BCUT2D eigenvalue weighted by atomic mass is 16.5. The number of hydrogen-bond acceptors (Lipinski definition) is 5. The molecule has 41 heavy (non-hydrogen) atoms. The molecule has 7 heteroatoms. The monoisotopic (exact) mass is 546 g/mol. The third-order valence-electron chi connectivity index (χ3n) is 7.60. The van der Waals surface area contributed by atoms with Crippen molar-refractivity contribution in [1.29, 1.82) is 0 Å². The van der Waals surface area contributed by atoms with E-state index < -0.39 is 0 Å². The van der Waals surface area contributed by atoms with Gasteiger partial charge in [0.25, 0.3) is 0 Å². The van der Waals surface area contributed by atoms with Gasteiger partial charge in [-0.25, -0.2) is 4.98 Å². The molecule has 1 saturated heterocycles. The van der Waals surface area contributed by atoms with Crippen LogP contribution in [0.1, 0.15) is 11.3 Å². The minimum atomic E-state index is 0.0416. The lowest BCUT2D eigenvalue weighted by Gasteiger charge is -2.34. The van der Waals surface area contributed by atoms with Gasteiger partial charge in [-0.1, -0.05) is 72.8 Å². The lowest BCUT2D eigenvalue weighted by Crippen LogP contribution is -2.49. The van der Waals surface area contributed by atoms with E-state index in [1.807, 2.05) is 59.5 Å². The lowest BCUT2D eigenvalue weighted by molar-refractivity contribution is -0.138. The third-order valence-corrected chi connectivity index (χ3v) is 7.60. The van der Waals surface area contributed by atoms with Crippen molar-refractivity contribution in [3.05, 3.63) is 115 Å². The zero-order valence-electron chi connectivity index (χ0n) is 23.3. The normalized spacial score (nSPS) is 13.9. The van der Waals surface area contributed by atoms with Crippen LogP contribution in [0.3, 0.4) is 0 Å². The van der Waals surface area contributed by atoms with Gasteiger partial charge in [-0.05, 0) is 41.0 Å². The molecule has 7 nitrogen and oxygen atoms in total. The SMILES string of the molecule is COc1cccc(-c2nc3ccc(-c4ccccc4)cn3c2CN2CCN(C(=O)COCc3ccccc3)CC2)c1. The van der Waals surface area contributed by atoms with Crippen molar-refractivity contribution in [3.8, 4) is 28.1 Å². The summed E-state index contributed by atoms with van der Waals surface area (Å²) in [6.45, 7) is 4.19. The van der Waals surface area contributed by atoms with Gasteiger partial charge in [-0.2, -0.15) is 0 Å². The molecule has 0 bridgehead atoms. The maximum atomic E-state index is 12.8. The predicted molar refractivity (Wildman–Crippen MR) is 161 cm³/mol. The average Bonchev–Trinajstić information content (AvgIpc) is 3.39. The topological polar surface area (TPSA) is 59.3 Å². The summed E-state index contributed by atoms with van der Waals surface area (Å²) in [6, 6.07) is 32.6. The summed E-state index contributed by atoms with van der Waals surface area (Å²) in [5, 5.41) is 0. The first-order valence-electron chi connectivity index (χ1n) is 14.0. The van der Waals surface area contributed by atoms with E-state index >= 15 is 0 Å². The first-order valence-corrected chi connectivity index (χ1v) is 14.0. The van der Waals surface area contributed by atoms with E-state index in [1.54, 1.807) is 7.11 Å². The largest absolute Gasteiger partial charge is 0.497 e. The number of ether oxygens (including phenoxy) is 2. The van der Waals surface area contributed by atoms with Crippen LogP contribution in [0.2, 0.25) is 0 Å². The van der Waals surface area contributed by atoms with E-state index in [4.69, 9.17) is 14.5 Å². The van der Waals surface area contributed by atoms with E-state index in [9.17, 15) is 4.79 Å². The first-order chi connectivity index (χ1) is 20.2. The standard InChI is InChI=1S/C34H34N4O3/c1-40-30-14-8-13-28(21-30)34-31(38-22-29(15-16-32(38)35-34)27-11-6-3-7-12-27)23-36-17-19-37(20-18-36)33(39)25-41-24-26-9-4-2-5-10-26/h2-16,21-22H,17-20,23-25H2,1H3. The van der Waals surface area contributed by atoms with Gasteiger partial charge in [0.05, 0.1) is 25.1 Å². The van der Waals surface area contributed by atoms with Crippen molar-refractivity contribution >= 4 is 11.6 Å². The molecular formula is C34H34N4O3. The van der Waals surface area contributed by atoms with E-state index in [1.165, 1.54) is 5.56 Å². The number of piperazine rings is 1. The molecule has 0 unspecified atom stereocenters. The minimum absolute atomic E-state index is 0.0416. The first kappa shape index (κ1) is 26.7. The van der Waals surface area contributed by atoms with Gasteiger partial charge in [0.2, 0.25) is 5.91 Å². The van der Waals surface area contributed by atoms with E-state index in [0.29, 0.717) is 19.7 Å². The second-order valence-electron chi connectivity index (χ2n) is 10.3. The van der Waals surface area contributed by atoms with Crippen molar-refractivity contribution < 1.29 is 14.3 Å². The number of nitrogens with zero attached hydrogens (tertiary/aromatic N) is 4. The number of benzene rings is 3. The summed E-state index contributed by atoms with van der Waals surface area (Å²) < 4.78 is 13.4. The molecule has 5 aromatic rings. The maximum absolute atomic E-state index is 12.8. The van der Waals surface area contributed by atoms with Crippen molar-refractivity contribution in [2.24, 2.45) is 0 Å². The van der Waals surface area contributed by atoms with Crippen LogP contribution in [0.25, 0.3) is 28.0 Å². The van der Waals surface area contributed by atoms with Crippen LogP contribution in [0, 0.1) is 0 Å². The van der Waals surface area contributed by atoms with Crippen molar-refractivity contribution in [2.75, 3.05) is 39.9 Å². The number of imidazole rings is 1. The molecule has 0 N–H and O–H groups in total. The number of aromatic nitrogens is 2. The van der Waals surface area contributed by atoms with Gasteiger partial charge in [-0.3, -0.25) is 9.69 Å². The molecule has 3 heterocycles. The number of amides is 1. The van der Waals surface area contributed by atoms with Gasteiger partial charge >= 0.3 is 0 Å². The second kappa shape index (κ2) is 12.4. The smallest absolute Gasteiger partial charge is 0.248 e. The maximum Gasteiger partial charge on any atom is 0.248 e. The molecule has 1 aliphatic heterocycles. The molecule has 1 fully saturated rings. The van der Waals surface area contributed by atoms with Gasteiger partial charge in [0.15, 0.2) is 0 Å². The van der Waals surface area contributed by atoms with Gasteiger partial charge in [-0.15, -0.1) is 0 Å². The van der Waals surface area contributed by atoms with Crippen LogP contribution in [0.4, 0.5) is 0 Å². The third kappa shape index (κ3) is 6.16. The van der Waals surface area contributed by atoms with Crippen LogP contribution in [0.5, 0.6) is 5.75 Å². The Morgan fingerprint density at radius 2 is 1.54 bits per heavy atom. The van der Waals surface area contributed by atoms with Gasteiger partial charge < -0.3 is 18.8 Å². The molecule has 0 radical (unpaired) electrons. The molecule has 0 atom stereocenters. The molecule has 208 valence electrons. The van der Waals surface area contributed by atoms with E-state index in [-0.39, 0.29) is 12.5 Å². The second-order valence-corrected chi connectivity index (χ2v) is 10.3. The van der Waals surface area contributed by atoms with Crippen LogP contribution in [-0.2, 0) is 22.7 Å². The quantitative estimate of drug-likeness (QED) is 0.243. The Kier molecular flexibility index (Phi) is 8.07. The average molecular weight is 547 g/mol. The van der Waals surface area contributed by atoms with Crippen LogP contribution in [0.15, 0.2) is 103 Å². The Morgan fingerprint density at radius 1 is 0.805 bits per heavy atom. The summed E-state index contributed by atoms with van der Waals surface area (Å²) in [5.41, 5.74) is 7.37. The summed E-state index contributed by atoms with van der Waals surface area (Å²) in [4.78, 5) is 22.2. The molecule has 6 rings (SSSR count). The number of rotatable bonds is 9. The summed E-state index contributed by atoms with van der Waals surface area (Å²) in [5.74, 6) is 0.844. The van der Waals surface area contributed by atoms with Crippen molar-refractivity contribution in [2.45, 2.75) is 13.2 Å². The fourth-order valence-electron chi connectivity index (χ4n) is 5.34. The molecule has 0 aliphatic carbocycles. The zero-order chi connectivity index (χ0) is 28.0. The Morgan fingerprint density at radius 3 is 2.29 bits per heavy atom. The van der Waals surface area contributed by atoms with E-state index in [2.05, 4.69) is 58.0 Å².